The fourth-order valence-corrected chi connectivity index (χ4v) is 3.08. The number of nitrogens with zero attached hydrogens (tertiary/aromatic N) is 2. The predicted octanol–water partition coefficient (Wildman–Crippen LogP) is -1.49. The van der Waals surface area contributed by atoms with E-state index in [1.807, 2.05) is 0 Å². The Morgan fingerprint density at radius 2 is 1.89 bits per heavy atom. The molecule has 1 saturated heterocycles. The quantitative estimate of drug-likeness (QED) is 0.505. The van der Waals surface area contributed by atoms with Gasteiger partial charge in [0.25, 0.3) is 5.56 Å². The first-order chi connectivity index (χ1) is 13.4. The van der Waals surface area contributed by atoms with Gasteiger partial charge in [-0.3, -0.25) is 18.7 Å². The van der Waals surface area contributed by atoms with Gasteiger partial charge in [0.15, 0.2) is 12.0 Å². The molecule has 0 saturated carbocycles. The number of ketones is 1. The third kappa shape index (κ3) is 3.50. The van der Waals surface area contributed by atoms with E-state index < -0.39 is 54.7 Å². The Bertz CT molecular complexity index is 982. The standard InChI is InChI=1S/C18H20N2O8/c1-27-12-5-3-2-4-10(12)11(22)8-20-14(23)6-7-19(18(20)26)17-16(25)15(24)13(9-21)28-17/h2-7,13,15-17,21,24-25H,8-9H2,1H3/t13-,15-,16+,17-/m1/s1. The van der Waals surface area contributed by atoms with Crippen molar-refractivity contribution in [3.8, 4) is 5.75 Å². The van der Waals surface area contributed by atoms with Crippen LogP contribution < -0.4 is 16.0 Å². The summed E-state index contributed by atoms with van der Waals surface area (Å²) in [5, 5.41) is 29.2. The van der Waals surface area contributed by atoms with Gasteiger partial charge < -0.3 is 24.8 Å². The third-order valence-corrected chi connectivity index (χ3v) is 4.60. The number of aliphatic hydroxyl groups excluding tert-OH is 3. The number of hydrogen-bond donors (Lipinski definition) is 3. The molecular weight excluding hydrogens is 372 g/mol. The monoisotopic (exact) mass is 392 g/mol. The molecule has 0 bridgehead atoms. The lowest BCUT2D eigenvalue weighted by Gasteiger charge is -2.18. The number of ether oxygens (including phenoxy) is 2. The van der Waals surface area contributed by atoms with Crippen LogP contribution in [0.2, 0.25) is 0 Å². The molecule has 0 unspecified atom stereocenters. The van der Waals surface area contributed by atoms with E-state index in [-0.39, 0.29) is 5.56 Å². The Hall–Kier alpha value is -2.79. The van der Waals surface area contributed by atoms with Gasteiger partial charge >= 0.3 is 5.69 Å². The van der Waals surface area contributed by atoms with Crippen LogP contribution in [0.15, 0.2) is 46.1 Å². The molecule has 0 spiro atoms. The van der Waals surface area contributed by atoms with Gasteiger partial charge in [0.1, 0.15) is 24.1 Å². The van der Waals surface area contributed by atoms with Crippen molar-refractivity contribution >= 4 is 5.78 Å². The average Bonchev–Trinajstić information content (AvgIpc) is 2.99. The zero-order chi connectivity index (χ0) is 20.4. The maximum Gasteiger partial charge on any atom is 0.333 e. The lowest BCUT2D eigenvalue weighted by atomic mass is 10.1. The molecule has 3 N–H and O–H groups in total. The van der Waals surface area contributed by atoms with Crippen molar-refractivity contribution in [2.75, 3.05) is 13.7 Å². The molecule has 1 aliphatic heterocycles. The van der Waals surface area contributed by atoms with Crippen molar-refractivity contribution in [3.05, 3.63) is 62.9 Å². The molecule has 4 atom stereocenters. The Kier molecular flexibility index (Phi) is 5.75. The molecule has 10 heteroatoms. The van der Waals surface area contributed by atoms with Crippen LogP contribution in [0.5, 0.6) is 5.75 Å². The molecule has 1 aliphatic rings. The van der Waals surface area contributed by atoms with E-state index in [4.69, 9.17) is 9.47 Å². The van der Waals surface area contributed by atoms with Crippen molar-refractivity contribution in [1.82, 2.24) is 9.13 Å². The first-order valence-electron chi connectivity index (χ1n) is 8.49. The van der Waals surface area contributed by atoms with E-state index in [0.717, 1.165) is 16.8 Å². The highest BCUT2D eigenvalue weighted by Crippen LogP contribution is 2.27. The summed E-state index contributed by atoms with van der Waals surface area (Å²) >= 11 is 0. The molecule has 28 heavy (non-hydrogen) atoms. The average molecular weight is 392 g/mol. The predicted molar refractivity (Wildman–Crippen MR) is 95.3 cm³/mol. The second-order valence-corrected chi connectivity index (χ2v) is 6.28. The van der Waals surface area contributed by atoms with Gasteiger partial charge in [-0.1, -0.05) is 12.1 Å². The summed E-state index contributed by atoms with van der Waals surface area (Å²) in [4.78, 5) is 37.5. The summed E-state index contributed by atoms with van der Waals surface area (Å²) in [5.74, 6) is -0.212. The maximum atomic E-state index is 12.8. The van der Waals surface area contributed by atoms with Crippen LogP contribution in [-0.4, -0.2) is 62.3 Å². The van der Waals surface area contributed by atoms with Gasteiger partial charge in [0.05, 0.1) is 25.8 Å². The molecule has 2 heterocycles. The maximum absolute atomic E-state index is 12.8. The highest BCUT2D eigenvalue weighted by Gasteiger charge is 2.43. The molecule has 150 valence electrons. The highest BCUT2D eigenvalue weighted by molar-refractivity contribution is 5.98. The number of Topliss-reactive ketones (excluding diaryl/α,β-unsaturated/α-hetero) is 1. The van der Waals surface area contributed by atoms with Crippen LogP contribution in [0.1, 0.15) is 16.6 Å². The number of aromatic nitrogens is 2. The van der Waals surface area contributed by atoms with Gasteiger partial charge in [-0.2, -0.15) is 0 Å². The van der Waals surface area contributed by atoms with Crippen molar-refractivity contribution in [2.24, 2.45) is 0 Å². The van der Waals surface area contributed by atoms with Crippen LogP contribution >= 0.6 is 0 Å². The first-order valence-corrected chi connectivity index (χ1v) is 8.49. The second-order valence-electron chi connectivity index (χ2n) is 6.28. The second kappa shape index (κ2) is 8.07. The van der Waals surface area contributed by atoms with E-state index in [1.165, 1.54) is 13.2 Å². The Morgan fingerprint density at radius 3 is 2.54 bits per heavy atom. The Balaban J connectivity index is 1.95. The van der Waals surface area contributed by atoms with E-state index in [0.29, 0.717) is 10.3 Å². The number of carbonyl (C=O) groups is 1. The van der Waals surface area contributed by atoms with Gasteiger partial charge in [0.2, 0.25) is 0 Å². The topological polar surface area (TPSA) is 140 Å². The Labute approximate surface area is 158 Å². The number of hydrogen-bond acceptors (Lipinski definition) is 8. The largest absolute Gasteiger partial charge is 0.496 e. The van der Waals surface area contributed by atoms with Crippen LogP contribution in [0.25, 0.3) is 0 Å². The van der Waals surface area contributed by atoms with Crippen LogP contribution in [0, 0.1) is 0 Å². The van der Waals surface area contributed by atoms with E-state index >= 15 is 0 Å². The van der Waals surface area contributed by atoms with Crippen LogP contribution in [0.3, 0.4) is 0 Å². The number of benzene rings is 1. The normalized spacial score (nSPS) is 24.3. The Morgan fingerprint density at radius 1 is 1.18 bits per heavy atom. The number of methoxy groups -OCH3 is 1. The number of aliphatic hydroxyl groups is 3. The summed E-state index contributed by atoms with van der Waals surface area (Å²) in [6.45, 7) is -1.11. The fraction of sp³-hybridized carbons (Fsp3) is 0.389. The molecule has 0 aliphatic carbocycles. The van der Waals surface area contributed by atoms with Gasteiger partial charge in [-0.25, -0.2) is 4.79 Å². The van der Waals surface area contributed by atoms with E-state index in [2.05, 4.69) is 0 Å². The van der Waals surface area contributed by atoms with Gasteiger partial charge in [-0.05, 0) is 12.1 Å². The van der Waals surface area contributed by atoms with Gasteiger partial charge in [0, 0.05) is 12.3 Å². The minimum atomic E-state index is -1.49. The molecular formula is C18H20N2O8. The minimum Gasteiger partial charge on any atom is -0.496 e. The fourth-order valence-electron chi connectivity index (χ4n) is 3.08. The molecule has 0 radical (unpaired) electrons. The highest BCUT2D eigenvalue weighted by atomic mass is 16.6. The lowest BCUT2D eigenvalue weighted by molar-refractivity contribution is -0.0555. The molecule has 3 rings (SSSR count). The zero-order valence-corrected chi connectivity index (χ0v) is 15.0. The summed E-state index contributed by atoms with van der Waals surface area (Å²) < 4.78 is 12.0. The van der Waals surface area contributed by atoms with Gasteiger partial charge in [-0.15, -0.1) is 0 Å². The molecule has 0 amide bonds. The summed E-state index contributed by atoms with van der Waals surface area (Å²) in [5.41, 5.74) is -1.40. The third-order valence-electron chi connectivity index (χ3n) is 4.60. The smallest absolute Gasteiger partial charge is 0.333 e. The van der Waals surface area contributed by atoms with Crippen molar-refractivity contribution in [2.45, 2.75) is 31.1 Å². The van der Waals surface area contributed by atoms with Crippen LogP contribution in [-0.2, 0) is 11.3 Å². The molecule has 1 fully saturated rings. The molecule has 2 aromatic rings. The summed E-state index contributed by atoms with van der Waals surface area (Å²) in [7, 11) is 1.40. The SMILES string of the molecule is COc1ccccc1C(=O)Cn1c(=O)ccn([C@@H]2O[C@H](CO)[C@@H](O)[C@@H]2O)c1=O. The van der Waals surface area contributed by atoms with E-state index in [1.54, 1.807) is 18.2 Å². The number of carbonyl (C=O) groups excluding carboxylic acids is 1. The summed E-state index contributed by atoms with van der Waals surface area (Å²) in [6.07, 6.45) is -4.19. The van der Waals surface area contributed by atoms with Crippen molar-refractivity contribution in [1.29, 1.82) is 0 Å². The van der Waals surface area contributed by atoms with E-state index in [9.17, 15) is 29.7 Å². The van der Waals surface area contributed by atoms with Crippen molar-refractivity contribution < 1.29 is 29.6 Å². The molecule has 1 aromatic heterocycles. The zero-order valence-electron chi connectivity index (χ0n) is 15.0. The van der Waals surface area contributed by atoms with Crippen LogP contribution in [0.4, 0.5) is 0 Å². The lowest BCUT2D eigenvalue weighted by Crippen LogP contribution is -2.44. The number of para-hydroxylation sites is 1. The minimum absolute atomic E-state index is 0.208. The molecule has 10 nitrogen and oxygen atoms in total. The molecule has 1 aromatic carbocycles. The summed E-state index contributed by atoms with van der Waals surface area (Å²) in [6, 6.07) is 7.45. The number of rotatable bonds is 6. The first kappa shape index (κ1) is 20.0. The van der Waals surface area contributed by atoms with Crippen molar-refractivity contribution in [3.63, 3.8) is 0 Å².